The molecule has 1 aliphatic rings. The molecule has 0 atom stereocenters. The molecule has 0 radical (unpaired) electrons. The minimum absolute atomic E-state index is 0.0503. The summed E-state index contributed by atoms with van der Waals surface area (Å²) >= 11 is 0. The number of nitrogens with zero attached hydrogens (tertiary/aromatic N) is 2. The second-order valence-electron chi connectivity index (χ2n) is 7.78. The van der Waals surface area contributed by atoms with Gasteiger partial charge in [0.2, 0.25) is 0 Å². The molecule has 0 fully saturated rings. The molecular weight excluding hydrogens is 272 g/mol. The van der Waals surface area contributed by atoms with Crippen LogP contribution in [-0.2, 0) is 4.79 Å². The second-order valence-corrected chi connectivity index (χ2v) is 7.78. The monoisotopic (exact) mass is 298 g/mol. The maximum Gasteiger partial charge on any atom is 0.256 e. The second kappa shape index (κ2) is 5.38. The van der Waals surface area contributed by atoms with Gasteiger partial charge in [-0.2, -0.15) is 0 Å². The van der Waals surface area contributed by atoms with Crippen LogP contribution >= 0.6 is 0 Å². The lowest BCUT2D eigenvalue weighted by Gasteiger charge is -2.34. The van der Waals surface area contributed by atoms with Gasteiger partial charge in [0.15, 0.2) is 0 Å². The van der Waals surface area contributed by atoms with Gasteiger partial charge in [0.05, 0.1) is 5.54 Å². The third kappa shape index (κ3) is 3.13. The molecule has 22 heavy (non-hydrogen) atoms. The van der Waals surface area contributed by atoms with Crippen LogP contribution in [0.1, 0.15) is 54.0 Å². The van der Waals surface area contributed by atoms with Crippen LogP contribution in [0.3, 0.4) is 0 Å². The van der Waals surface area contributed by atoms with Crippen LogP contribution < -0.4 is 0 Å². The molecule has 0 aromatic heterocycles. The molecule has 0 unspecified atom stereocenters. The molecule has 0 spiro atoms. The Hall–Kier alpha value is -1.90. The number of rotatable bonds is 1. The molecule has 1 aliphatic heterocycles. The van der Waals surface area contributed by atoms with Crippen molar-refractivity contribution in [3.05, 3.63) is 41.5 Å². The fourth-order valence-corrected chi connectivity index (χ4v) is 2.65. The Kier molecular flexibility index (Phi) is 4.03. The van der Waals surface area contributed by atoms with Gasteiger partial charge in [-0.15, -0.1) is 0 Å². The van der Waals surface area contributed by atoms with Gasteiger partial charge in [-0.25, -0.2) is 0 Å². The van der Waals surface area contributed by atoms with Gasteiger partial charge in [-0.05, 0) is 54.0 Å². The molecule has 3 heteroatoms. The number of carbonyl (C=O) groups is 1. The van der Waals surface area contributed by atoms with Crippen LogP contribution in [0.15, 0.2) is 40.9 Å². The summed E-state index contributed by atoms with van der Waals surface area (Å²) in [5.74, 6) is 0.836. The van der Waals surface area contributed by atoms with Crippen LogP contribution in [0, 0.1) is 0 Å². The molecule has 0 N–H and O–H groups in total. The van der Waals surface area contributed by atoms with E-state index in [1.165, 1.54) is 0 Å². The van der Waals surface area contributed by atoms with Crippen molar-refractivity contribution in [1.29, 1.82) is 0 Å². The first-order valence-corrected chi connectivity index (χ1v) is 7.73. The zero-order chi connectivity index (χ0) is 16.7. The zero-order valence-electron chi connectivity index (χ0n) is 14.7. The van der Waals surface area contributed by atoms with E-state index in [4.69, 9.17) is 4.99 Å². The minimum atomic E-state index is -0.307. The third-order valence-corrected chi connectivity index (χ3v) is 3.51. The smallest absolute Gasteiger partial charge is 0.256 e. The predicted octanol–water partition coefficient (Wildman–Crippen LogP) is 4.30. The molecule has 0 aliphatic carbocycles. The van der Waals surface area contributed by atoms with Crippen molar-refractivity contribution >= 4 is 17.3 Å². The van der Waals surface area contributed by atoms with Gasteiger partial charge in [-0.1, -0.05) is 30.3 Å². The molecule has 1 heterocycles. The van der Waals surface area contributed by atoms with Crippen LogP contribution in [0.2, 0.25) is 0 Å². The van der Waals surface area contributed by atoms with E-state index in [2.05, 4.69) is 20.8 Å². The third-order valence-electron chi connectivity index (χ3n) is 3.51. The summed E-state index contributed by atoms with van der Waals surface area (Å²) in [4.78, 5) is 19.5. The number of benzene rings is 1. The van der Waals surface area contributed by atoms with Gasteiger partial charge < -0.3 is 0 Å². The summed E-state index contributed by atoms with van der Waals surface area (Å²) in [6.07, 6.45) is 0. The Morgan fingerprint density at radius 3 is 1.95 bits per heavy atom. The maximum absolute atomic E-state index is 12.8. The topological polar surface area (TPSA) is 32.7 Å². The van der Waals surface area contributed by atoms with Crippen LogP contribution in [0.25, 0.3) is 5.57 Å². The van der Waals surface area contributed by atoms with Crippen molar-refractivity contribution in [2.24, 2.45) is 4.99 Å². The van der Waals surface area contributed by atoms with Crippen molar-refractivity contribution in [1.82, 2.24) is 4.90 Å². The lowest BCUT2D eigenvalue weighted by molar-refractivity contribution is -0.125. The molecule has 1 amide bonds. The molecular formula is C19H26N2O. The SMILES string of the molecule is CC1=C(c2ccccc2)C(=NC(C)(C)C)N(C(C)(C)C)C1=O. The fourth-order valence-electron chi connectivity index (χ4n) is 2.65. The summed E-state index contributed by atoms with van der Waals surface area (Å²) in [6.45, 7) is 14.2. The summed E-state index contributed by atoms with van der Waals surface area (Å²) in [7, 11) is 0. The van der Waals surface area contributed by atoms with E-state index >= 15 is 0 Å². The Morgan fingerprint density at radius 1 is 0.955 bits per heavy atom. The molecule has 0 saturated heterocycles. The van der Waals surface area contributed by atoms with Crippen molar-refractivity contribution in [3.8, 4) is 0 Å². The van der Waals surface area contributed by atoms with E-state index in [1.54, 1.807) is 0 Å². The average molecular weight is 298 g/mol. The quantitative estimate of drug-likeness (QED) is 0.761. The standard InChI is InChI=1S/C19H26N2O/c1-13-15(14-11-9-8-10-12-14)16(20-18(2,3)4)21(17(13)22)19(5,6)7/h8-12H,1-7H3. The maximum atomic E-state index is 12.8. The Balaban J connectivity index is 2.69. The molecule has 118 valence electrons. The van der Waals surface area contributed by atoms with E-state index < -0.39 is 0 Å². The Morgan fingerprint density at radius 2 is 1.50 bits per heavy atom. The summed E-state index contributed by atoms with van der Waals surface area (Å²) in [5, 5.41) is 0. The Labute approximate surface area is 133 Å². The number of amides is 1. The van der Waals surface area contributed by atoms with Gasteiger partial charge in [-0.3, -0.25) is 14.7 Å². The predicted molar refractivity (Wildman–Crippen MR) is 92.8 cm³/mol. The number of carbonyl (C=O) groups excluding carboxylic acids is 1. The fraction of sp³-hybridized carbons (Fsp3) is 0.474. The van der Waals surface area contributed by atoms with Crippen LogP contribution in [0.5, 0.6) is 0 Å². The summed E-state index contributed by atoms with van der Waals surface area (Å²) in [6, 6.07) is 10.0. The number of hydrogen-bond donors (Lipinski definition) is 0. The van der Waals surface area contributed by atoms with Crippen LogP contribution in [-0.4, -0.2) is 27.7 Å². The van der Waals surface area contributed by atoms with Gasteiger partial charge >= 0.3 is 0 Å². The number of amidine groups is 1. The first-order chi connectivity index (χ1) is 10.0. The van der Waals surface area contributed by atoms with Gasteiger partial charge in [0.1, 0.15) is 5.84 Å². The van der Waals surface area contributed by atoms with Crippen molar-refractivity contribution in [2.75, 3.05) is 0 Å². The summed E-state index contributed by atoms with van der Waals surface area (Å²) in [5.41, 5.74) is 2.21. The largest absolute Gasteiger partial charge is 0.287 e. The highest BCUT2D eigenvalue weighted by Crippen LogP contribution is 2.35. The van der Waals surface area contributed by atoms with Gasteiger partial charge in [0.25, 0.3) is 5.91 Å². The Bertz CT molecular complexity index is 640. The van der Waals surface area contributed by atoms with Crippen molar-refractivity contribution in [3.63, 3.8) is 0 Å². The lowest BCUT2D eigenvalue weighted by Crippen LogP contribution is -2.47. The van der Waals surface area contributed by atoms with Crippen molar-refractivity contribution in [2.45, 2.75) is 59.5 Å². The van der Waals surface area contributed by atoms with E-state index in [0.29, 0.717) is 0 Å². The first-order valence-electron chi connectivity index (χ1n) is 7.73. The molecule has 0 bridgehead atoms. The highest BCUT2D eigenvalue weighted by molar-refractivity contribution is 6.38. The van der Waals surface area contributed by atoms with Crippen molar-refractivity contribution < 1.29 is 4.79 Å². The average Bonchev–Trinajstić information content (AvgIpc) is 2.59. The number of hydrogen-bond acceptors (Lipinski definition) is 2. The van der Waals surface area contributed by atoms with Crippen LogP contribution in [0.4, 0.5) is 0 Å². The highest BCUT2D eigenvalue weighted by Gasteiger charge is 2.41. The zero-order valence-corrected chi connectivity index (χ0v) is 14.7. The summed E-state index contributed by atoms with van der Waals surface area (Å²) < 4.78 is 0. The molecule has 2 rings (SSSR count). The van der Waals surface area contributed by atoms with E-state index in [1.807, 2.05) is 62.9 Å². The van der Waals surface area contributed by atoms with E-state index in [0.717, 1.165) is 22.5 Å². The molecule has 0 saturated carbocycles. The molecule has 3 nitrogen and oxygen atoms in total. The number of aliphatic imine (C=N–C) groups is 1. The first kappa shape index (κ1) is 16.5. The lowest BCUT2D eigenvalue weighted by atomic mass is 10.0. The normalized spacial score (nSPS) is 18.6. The van der Waals surface area contributed by atoms with E-state index in [9.17, 15) is 4.79 Å². The molecule has 1 aromatic rings. The molecule has 1 aromatic carbocycles. The van der Waals surface area contributed by atoms with Gasteiger partial charge in [0, 0.05) is 16.7 Å². The van der Waals surface area contributed by atoms with E-state index in [-0.39, 0.29) is 17.0 Å². The minimum Gasteiger partial charge on any atom is -0.287 e. The highest BCUT2D eigenvalue weighted by atomic mass is 16.2.